The second kappa shape index (κ2) is 7.01. The van der Waals surface area contributed by atoms with Crippen LogP contribution in [-0.4, -0.2) is 18.2 Å². The smallest absolute Gasteiger partial charge is 0.336 e. The summed E-state index contributed by atoms with van der Waals surface area (Å²) in [5.74, 6) is 0.478. The summed E-state index contributed by atoms with van der Waals surface area (Å²) in [6.07, 6.45) is 1.76. The number of carbonyl (C=O) groups excluding carboxylic acids is 1. The molecule has 1 saturated heterocycles. The van der Waals surface area contributed by atoms with Gasteiger partial charge in [-0.25, -0.2) is 4.79 Å². The maximum atomic E-state index is 13.0. The first kappa shape index (κ1) is 18.1. The third-order valence-corrected chi connectivity index (χ3v) is 5.30. The van der Waals surface area contributed by atoms with Crippen molar-refractivity contribution in [3.05, 3.63) is 75.0 Å². The number of hydrogen-bond donors (Lipinski definition) is 1. The lowest BCUT2D eigenvalue weighted by atomic mass is 10.1. The summed E-state index contributed by atoms with van der Waals surface area (Å²) >= 11 is 1.11. The predicted octanol–water partition coefficient (Wildman–Crippen LogP) is 4.17. The van der Waals surface area contributed by atoms with Crippen LogP contribution >= 0.6 is 11.8 Å². The largest absolute Gasteiger partial charge is 0.497 e. The molecule has 1 N–H and O–H groups in total. The third kappa shape index (κ3) is 3.20. The number of rotatable bonds is 3. The van der Waals surface area contributed by atoms with Gasteiger partial charge < -0.3 is 9.15 Å². The molecule has 140 valence electrons. The molecular weight excluding hydrogens is 376 g/mol. The van der Waals surface area contributed by atoms with E-state index in [4.69, 9.17) is 14.6 Å². The molecule has 1 aliphatic heterocycles. The van der Waals surface area contributed by atoms with Crippen LogP contribution in [0.25, 0.3) is 17.0 Å². The number of anilines is 1. The van der Waals surface area contributed by atoms with Crippen LogP contribution in [0.4, 0.5) is 5.69 Å². The fraction of sp³-hybridized carbons (Fsp3) is 0.0952. The summed E-state index contributed by atoms with van der Waals surface area (Å²) < 4.78 is 10.3. The number of thioether (sulfide) groups is 1. The van der Waals surface area contributed by atoms with Gasteiger partial charge >= 0.3 is 5.63 Å². The maximum Gasteiger partial charge on any atom is 0.336 e. The van der Waals surface area contributed by atoms with Crippen molar-refractivity contribution in [2.75, 3.05) is 12.0 Å². The fourth-order valence-corrected chi connectivity index (χ4v) is 3.86. The van der Waals surface area contributed by atoms with E-state index in [1.54, 1.807) is 31.4 Å². The van der Waals surface area contributed by atoms with Crippen LogP contribution in [0.5, 0.6) is 5.75 Å². The Kier molecular flexibility index (Phi) is 4.52. The van der Waals surface area contributed by atoms with E-state index in [1.807, 2.05) is 31.2 Å². The van der Waals surface area contributed by atoms with Crippen LogP contribution in [0.1, 0.15) is 11.1 Å². The average molecular weight is 392 g/mol. The molecule has 2 aromatic carbocycles. The van der Waals surface area contributed by atoms with Gasteiger partial charge in [-0.2, -0.15) is 0 Å². The second-order valence-electron chi connectivity index (χ2n) is 6.26. The first-order chi connectivity index (χ1) is 13.5. The lowest BCUT2D eigenvalue weighted by molar-refractivity contribution is -0.113. The molecule has 6 nitrogen and oxygen atoms in total. The van der Waals surface area contributed by atoms with E-state index in [2.05, 4.69) is 0 Å². The van der Waals surface area contributed by atoms with Gasteiger partial charge in [-0.15, -0.1) is 0 Å². The zero-order valence-electron chi connectivity index (χ0n) is 15.2. The summed E-state index contributed by atoms with van der Waals surface area (Å²) in [6, 6.07) is 13.8. The summed E-state index contributed by atoms with van der Waals surface area (Å²) in [7, 11) is 1.60. The van der Waals surface area contributed by atoms with Gasteiger partial charge in [-0.1, -0.05) is 12.1 Å². The molecule has 1 aliphatic rings. The summed E-state index contributed by atoms with van der Waals surface area (Å²) in [5.41, 5.74) is 2.22. The minimum absolute atomic E-state index is 0.129. The van der Waals surface area contributed by atoms with E-state index in [0.717, 1.165) is 28.6 Å². The number of amides is 1. The van der Waals surface area contributed by atoms with Gasteiger partial charge in [0.05, 0.1) is 17.7 Å². The number of amidine groups is 1. The molecule has 1 fully saturated rings. The molecule has 0 radical (unpaired) electrons. The van der Waals surface area contributed by atoms with Gasteiger partial charge in [0, 0.05) is 11.5 Å². The number of carbonyl (C=O) groups is 1. The Morgan fingerprint density at radius 2 is 1.86 bits per heavy atom. The van der Waals surface area contributed by atoms with Crippen molar-refractivity contribution in [3.8, 4) is 5.75 Å². The zero-order valence-corrected chi connectivity index (χ0v) is 16.0. The van der Waals surface area contributed by atoms with Crippen LogP contribution in [0.3, 0.4) is 0 Å². The van der Waals surface area contributed by atoms with Crippen molar-refractivity contribution in [2.24, 2.45) is 0 Å². The minimum atomic E-state index is -0.426. The highest BCUT2D eigenvalue weighted by Crippen LogP contribution is 2.37. The molecule has 0 saturated carbocycles. The van der Waals surface area contributed by atoms with Gasteiger partial charge in [0.2, 0.25) is 0 Å². The monoisotopic (exact) mass is 392 g/mol. The molecule has 0 bridgehead atoms. The van der Waals surface area contributed by atoms with Crippen LogP contribution < -0.4 is 15.3 Å². The van der Waals surface area contributed by atoms with Gasteiger partial charge in [-0.3, -0.25) is 15.1 Å². The second-order valence-corrected chi connectivity index (χ2v) is 7.29. The number of methoxy groups -OCH3 is 1. The molecule has 28 heavy (non-hydrogen) atoms. The Hall–Kier alpha value is -3.32. The first-order valence-corrected chi connectivity index (χ1v) is 9.29. The lowest BCUT2D eigenvalue weighted by Gasteiger charge is -2.17. The molecular formula is C21H16N2O4S. The van der Waals surface area contributed by atoms with Crippen molar-refractivity contribution in [1.29, 1.82) is 5.41 Å². The number of hydrogen-bond acceptors (Lipinski definition) is 6. The quantitative estimate of drug-likeness (QED) is 0.534. The van der Waals surface area contributed by atoms with Crippen molar-refractivity contribution >= 4 is 45.6 Å². The molecule has 4 rings (SSSR count). The Morgan fingerprint density at radius 3 is 2.57 bits per heavy atom. The Bertz CT molecular complexity index is 1200. The molecule has 0 unspecified atom stereocenters. The molecule has 2 heterocycles. The summed E-state index contributed by atoms with van der Waals surface area (Å²) in [6.45, 7) is 1.82. The zero-order chi connectivity index (χ0) is 19.8. The van der Waals surface area contributed by atoms with Crippen molar-refractivity contribution in [3.63, 3.8) is 0 Å². The Balaban J connectivity index is 1.72. The van der Waals surface area contributed by atoms with Crippen LogP contribution in [0.2, 0.25) is 0 Å². The molecule has 7 heteroatoms. The third-order valence-electron chi connectivity index (χ3n) is 4.42. The molecule has 3 aromatic rings. The number of nitrogens with one attached hydrogen (secondary N) is 1. The SMILES string of the molecule is COc1ccc(/C=C2\SC(=N)N(c3cc4ccc(=O)oc4cc3C)C2=O)cc1. The predicted molar refractivity (Wildman–Crippen MR) is 111 cm³/mol. The number of nitrogens with zero attached hydrogens (tertiary/aromatic N) is 1. The van der Waals surface area contributed by atoms with Gasteiger partial charge in [0.1, 0.15) is 11.3 Å². The van der Waals surface area contributed by atoms with E-state index in [-0.39, 0.29) is 11.1 Å². The van der Waals surface area contributed by atoms with E-state index in [9.17, 15) is 9.59 Å². The topological polar surface area (TPSA) is 83.6 Å². The number of aryl methyl sites for hydroxylation is 1. The van der Waals surface area contributed by atoms with Crippen LogP contribution in [-0.2, 0) is 4.79 Å². The molecule has 1 aromatic heterocycles. The normalized spacial score (nSPS) is 15.6. The highest BCUT2D eigenvalue weighted by atomic mass is 32.2. The fourth-order valence-electron chi connectivity index (χ4n) is 3.00. The summed E-state index contributed by atoms with van der Waals surface area (Å²) in [5, 5.41) is 9.13. The molecule has 0 spiro atoms. The van der Waals surface area contributed by atoms with Crippen molar-refractivity contribution in [1.82, 2.24) is 0 Å². The van der Waals surface area contributed by atoms with Gasteiger partial charge in [0.15, 0.2) is 5.17 Å². The van der Waals surface area contributed by atoms with E-state index >= 15 is 0 Å². The number of ether oxygens (including phenoxy) is 1. The standard InChI is InChI=1S/C21H16N2O4S/c1-12-9-17-14(5-8-19(24)27-17)11-16(12)23-20(25)18(28-21(23)22)10-13-3-6-15(26-2)7-4-13/h3-11,22H,1-2H3/b18-10-,22-21?. The van der Waals surface area contributed by atoms with Gasteiger partial charge in [0.25, 0.3) is 5.91 Å². The van der Waals surface area contributed by atoms with E-state index < -0.39 is 5.63 Å². The Labute approximate surface area is 164 Å². The molecule has 0 aliphatic carbocycles. The average Bonchev–Trinajstić information content (AvgIpc) is 2.95. The molecule has 1 amide bonds. The van der Waals surface area contributed by atoms with E-state index in [0.29, 0.717) is 21.6 Å². The highest BCUT2D eigenvalue weighted by Gasteiger charge is 2.34. The first-order valence-electron chi connectivity index (χ1n) is 8.47. The highest BCUT2D eigenvalue weighted by molar-refractivity contribution is 8.19. The van der Waals surface area contributed by atoms with Crippen molar-refractivity contribution in [2.45, 2.75) is 6.92 Å². The van der Waals surface area contributed by atoms with Crippen LogP contribution in [0.15, 0.2) is 62.6 Å². The van der Waals surface area contributed by atoms with Crippen LogP contribution in [0, 0.1) is 12.3 Å². The molecule has 0 atom stereocenters. The van der Waals surface area contributed by atoms with Crippen molar-refractivity contribution < 1.29 is 13.9 Å². The minimum Gasteiger partial charge on any atom is -0.497 e. The lowest BCUT2D eigenvalue weighted by Crippen LogP contribution is -2.28. The summed E-state index contributed by atoms with van der Waals surface area (Å²) in [4.78, 5) is 26.2. The number of benzene rings is 2. The van der Waals surface area contributed by atoms with Gasteiger partial charge in [-0.05, 0) is 66.2 Å². The number of fused-ring (bicyclic) bond motifs is 1. The Morgan fingerprint density at radius 1 is 1.11 bits per heavy atom. The van der Waals surface area contributed by atoms with E-state index in [1.165, 1.54) is 11.0 Å². The maximum absolute atomic E-state index is 13.0.